The van der Waals surface area contributed by atoms with E-state index >= 15 is 0 Å². The van der Waals surface area contributed by atoms with Crippen LogP contribution in [0.15, 0.2) is 73.1 Å². The molecule has 0 radical (unpaired) electrons. The van der Waals surface area contributed by atoms with Gasteiger partial charge < -0.3 is 4.74 Å². The van der Waals surface area contributed by atoms with Gasteiger partial charge in [-0.2, -0.15) is 0 Å². The summed E-state index contributed by atoms with van der Waals surface area (Å²) in [5, 5.41) is 9.17. The molecule has 7 heteroatoms. The average molecular weight is 383 g/mol. The summed E-state index contributed by atoms with van der Waals surface area (Å²) in [6.45, 7) is 0. The van der Waals surface area contributed by atoms with Crippen LogP contribution in [0.1, 0.15) is 0 Å². The van der Waals surface area contributed by atoms with E-state index in [1.165, 1.54) is 0 Å². The largest absolute Gasteiger partial charge is 0.435 e. The van der Waals surface area contributed by atoms with Crippen LogP contribution in [0, 0.1) is 0 Å². The van der Waals surface area contributed by atoms with Crippen LogP contribution in [-0.4, -0.2) is 20.0 Å². The van der Waals surface area contributed by atoms with Crippen LogP contribution in [0.5, 0.6) is 11.6 Å². The molecular formula is C19H12Cl2N4O. The predicted octanol–water partition coefficient (Wildman–Crippen LogP) is 5.43. The van der Waals surface area contributed by atoms with Crippen LogP contribution in [-0.2, 0) is 0 Å². The summed E-state index contributed by atoms with van der Waals surface area (Å²) in [5.74, 6) is 0.816. The van der Waals surface area contributed by atoms with Gasteiger partial charge in [0.05, 0.1) is 16.9 Å². The van der Waals surface area contributed by atoms with E-state index in [0.29, 0.717) is 27.4 Å². The van der Waals surface area contributed by atoms with Crippen LogP contribution >= 0.6 is 23.2 Å². The highest BCUT2D eigenvalue weighted by Gasteiger charge is 2.15. The van der Waals surface area contributed by atoms with Crippen LogP contribution in [0.2, 0.25) is 10.0 Å². The first-order valence-corrected chi connectivity index (χ1v) is 8.52. The smallest absolute Gasteiger partial charge is 0.245 e. The average Bonchev–Trinajstić information content (AvgIpc) is 3.15. The van der Waals surface area contributed by atoms with Crippen molar-refractivity contribution in [3.8, 4) is 28.6 Å². The van der Waals surface area contributed by atoms with Gasteiger partial charge in [-0.1, -0.05) is 58.7 Å². The summed E-state index contributed by atoms with van der Waals surface area (Å²) in [6, 6.07) is 18.5. The highest BCUT2D eigenvalue weighted by atomic mass is 35.5. The number of rotatable bonds is 4. The molecule has 0 aliphatic heterocycles. The van der Waals surface area contributed by atoms with Gasteiger partial charge in [-0.15, -0.1) is 5.10 Å². The van der Waals surface area contributed by atoms with Crippen molar-refractivity contribution in [2.24, 2.45) is 0 Å². The maximum absolute atomic E-state index is 6.21. The van der Waals surface area contributed by atoms with Gasteiger partial charge in [0, 0.05) is 16.8 Å². The van der Waals surface area contributed by atoms with E-state index in [9.17, 15) is 0 Å². The molecule has 4 aromatic rings. The molecule has 0 saturated heterocycles. The van der Waals surface area contributed by atoms with E-state index < -0.39 is 0 Å². The van der Waals surface area contributed by atoms with Gasteiger partial charge in [0.25, 0.3) is 0 Å². The summed E-state index contributed by atoms with van der Waals surface area (Å²) in [4.78, 5) is 4.33. The second-order valence-electron chi connectivity index (χ2n) is 5.40. The summed E-state index contributed by atoms with van der Waals surface area (Å²) in [6.07, 6.45) is 3.34. The van der Waals surface area contributed by atoms with Crippen molar-refractivity contribution < 1.29 is 4.74 Å². The topological polar surface area (TPSA) is 52.8 Å². The summed E-state index contributed by atoms with van der Waals surface area (Å²) in [7, 11) is 0. The zero-order valence-corrected chi connectivity index (χ0v) is 14.9. The fourth-order valence-corrected chi connectivity index (χ4v) is 2.95. The van der Waals surface area contributed by atoms with Crippen molar-refractivity contribution in [2.75, 3.05) is 0 Å². The molecule has 4 rings (SSSR count). The molecule has 0 N–H and O–H groups in total. The Morgan fingerprint density at radius 3 is 2.58 bits per heavy atom. The lowest BCUT2D eigenvalue weighted by Gasteiger charge is -2.12. The van der Waals surface area contributed by atoms with E-state index in [2.05, 4.69) is 15.3 Å². The standard InChI is InChI=1S/C19H12Cl2N4O/c20-14-8-9-18(15(21)11-14)26-19-16(7-4-10-22-19)25-17(12-23-24-25)13-5-2-1-3-6-13/h1-12H. The van der Waals surface area contributed by atoms with Gasteiger partial charge >= 0.3 is 0 Å². The molecule has 2 aromatic carbocycles. The van der Waals surface area contributed by atoms with Crippen molar-refractivity contribution in [2.45, 2.75) is 0 Å². The Morgan fingerprint density at radius 2 is 1.77 bits per heavy atom. The summed E-state index contributed by atoms with van der Waals surface area (Å²) in [5.41, 5.74) is 2.46. The molecule has 0 bridgehead atoms. The maximum Gasteiger partial charge on any atom is 0.245 e. The zero-order chi connectivity index (χ0) is 17.9. The van der Waals surface area contributed by atoms with Crippen LogP contribution in [0.25, 0.3) is 16.9 Å². The minimum atomic E-state index is 0.361. The number of ether oxygens (including phenoxy) is 1. The number of pyridine rings is 1. The van der Waals surface area contributed by atoms with Crippen molar-refractivity contribution in [3.05, 3.63) is 83.1 Å². The van der Waals surface area contributed by atoms with Crippen LogP contribution < -0.4 is 4.74 Å². The van der Waals surface area contributed by atoms with Crippen molar-refractivity contribution in [1.82, 2.24) is 20.0 Å². The normalized spacial score (nSPS) is 10.7. The Bertz CT molecular complexity index is 1050. The molecule has 0 aliphatic rings. The molecule has 2 heterocycles. The van der Waals surface area contributed by atoms with E-state index in [-0.39, 0.29) is 0 Å². The SMILES string of the molecule is Clc1ccc(Oc2ncccc2-n2nncc2-c2ccccc2)c(Cl)c1. The van der Waals surface area contributed by atoms with E-state index in [1.807, 2.05) is 42.5 Å². The quantitative estimate of drug-likeness (QED) is 0.472. The van der Waals surface area contributed by atoms with Gasteiger partial charge in [0.2, 0.25) is 5.88 Å². The predicted molar refractivity (Wildman–Crippen MR) is 101 cm³/mol. The third kappa shape index (κ3) is 3.27. The second-order valence-corrected chi connectivity index (χ2v) is 6.25. The highest BCUT2D eigenvalue weighted by Crippen LogP contribution is 2.34. The maximum atomic E-state index is 6.21. The van der Waals surface area contributed by atoms with Gasteiger partial charge in [-0.05, 0) is 30.3 Å². The first-order valence-electron chi connectivity index (χ1n) is 7.77. The van der Waals surface area contributed by atoms with E-state index in [0.717, 1.165) is 11.3 Å². The van der Waals surface area contributed by atoms with Crippen LogP contribution in [0.3, 0.4) is 0 Å². The number of aromatic nitrogens is 4. The van der Waals surface area contributed by atoms with Gasteiger partial charge in [-0.25, -0.2) is 9.67 Å². The van der Waals surface area contributed by atoms with Gasteiger partial charge in [-0.3, -0.25) is 0 Å². The highest BCUT2D eigenvalue weighted by molar-refractivity contribution is 6.35. The lowest BCUT2D eigenvalue weighted by Crippen LogP contribution is -2.03. The Morgan fingerprint density at radius 1 is 0.923 bits per heavy atom. The molecule has 5 nitrogen and oxygen atoms in total. The Kier molecular flexibility index (Phi) is 4.56. The number of halogens is 2. The molecule has 2 aromatic heterocycles. The van der Waals surface area contributed by atoms with E-state index in [1.54, 1.807) is 35.3 Å². The van der Waals surface area contributed by atoms with Crippen molar-refractivity contribution in [1.29, 1.82) is 0 Å². The molecule has 0 aliphatic carbocycles. The Labute approximate surface area is 159 Å². The monoisotopic (exact) mass is 382 g/mol. The fourth-order valence-electron chi connectivity index (χ4n) is 2.50. The lowest BCUT2D eigenvalue weighted by atomic mass is 10.1. The summed E-state index contributed by atoms with van der Waals surface area (Å²) >= 11 is 12.2. The second kappa shape index (κ2) is 7.15. The van der Waals surface area contributed by atoms with E-state index in [4.69, 9.17) is 27.9 Å². The third-order valence-electron chi connectivity index (χ3n) is 3.70. The molecule has 0 spiro atoms. The molecule has 26 heavy (non-hydrogen) atoms. The van der Waals surface area contributed by atoms with Crippen LogP contribution in [0.4, 0.5) is 0 Å². The molecular weight excluding hydrogens is 371 g/mol. The first kappa shape index (κ1) is 16.6. The van der Waals surface area contributed by atoms with Crippen molar-refractivity contribution >= 4 is 23.2 Å². The molecule has 0 fully saturated rings. The minimum absolute atomic E-state index is 0.361. The minimum Gasteiger partial charge on any atom is -0.435 e. The molecule has 0 saturated carbocycles. The Hall–Kier alpha value is -2.89. The molecule has 0 atom stereocenters. The summed E-state index contributed by atoms with van der Waals surface area (Å²) < 4.78 is 7.60. The molecule has 0 amide bonds. The molecule has 0 unspecified atom stereocenters. The van der Waals surface area contributed by atoms with Gasteiger partial charge in [0.1, 0.15) is 11.4 Å². The number of benzene rings is 2. The van der Waals surface area contributed by atoms with Gasteiger partial charge in [0.15, 0.2) is 0 Å². The number of hydrogen-bond acceptors (Lipinski definition) is 4. The zero-order valence-electron chi connectivity index (χ0n) is 13.4. The lowest BCUT2D eigenvalue weighted by molar-refractivity contribution is 0.458. The van der Waals surface area contributed by atoms with Crippen molar-refractivity contribution in [3.63, 3.8) is 0 Å². The Balaban J connectivity index is 1.77. The number of hydrogen-bond donors (Lipinski definition) is 0. The fraction of sp³-hybridized carbons (Fsp3) is 0. The third-order valence-corrected chi connectivity index (χ3v) is 4.23. The number of nitrogens with zero attached hydrogens (tertiary/aromatic N) is 4. The first-order chi connectivity index (χ1) is 12.7. The molecule has 128 valence electrons.